The fourth-order valence-corrected chi connectivity index (χ4v) is 3.90. The molecule has 0 saturated carbocycles. The van der Waals surface area contributed by atoms with Crippen molar-refractivity contribution in [1.82, 2.24) is 10.2 Å². The first-order valence-corrected chi connectivity index (χ1v) is 8.92. The Labute approximate surface area is 153 Å². The zero-order valence-corrected chi connectivity index (χ0v) is 15.8. The summed E-state index contributed by atoms with van der Waals surface area (Å²) in [6.45, 7) is 4.84. The average Bonchev–Trinajstić information content (AvgIpc) is 3.20. The van der Waals surface area contributed by atoms with Crippen LogP contribution in [0.4, 0.5) is 0 Å². The molecule has 26 heavy (non-hydrogen) atoms. The first-order valence-electron chi connectivity index (χ1n) is 8.92. The van der Waals surface area contributed by atoms with E-state index in [2.05, 4.69) is 11.4 Å². The van der Waals surface area contributed by atoms with E-state index < -0.39 is 5.54 Å². The Balaban J connectivity index is 1.89. The summed E-state index contributed by atoms with van der Waals surface area (Å²) >= 11 is 0. The highest BCUT2D eigenvalue weighted by Crippen LogP contribution is 2.32. The Morgan fingerprint density at radius 2 is 2.04 bits per heavy atom. The molecule has 6 heteroatoms. The number of likely N-dealkylation sites (N-methyl/N-ethyl adjacent to an activating group) is 1. The summed E-state index contributed by atoms with van der Waals surface area (Å²) in [4.78, 5) is 27.3. The number of ether oxygens (including phenoxy) is 1. The van der Waals surface area contributed by atoms with E-state index in [-0.39, 0.29) is 24.8 Å². The molecule has 3 rings (SSSR count). The van der Waals surface area contributed by atoms with Gasteiger partial charge in [0.05, 0.1) is 19.3 Å². The number of aryl methyl sites for hydroxylation is 2. The Morgan fingerprint density at radius 3 is 2.73 bits per heavy atom. The highest BCUT2D eigenvalue weighted by Gasteiger charge is 2.49. The Bertz CT molecular complexity index is 842. The van der Waals surface area contributed by atoms with Gasteiger partial charge in [0.15, 0.2) is 0 Å². The molecule has 1 fully saturated rings. The van der Waals surface area contributed by atoms with Gasteiger partial charge >= 0.3 is 0 Å². The smallest absolute Gasteiger partial charge is 0.248 e. The third-order valence-corrected chi connectivity index (χ3v) is 5.43. The standard InChI is InChI=1S/C20H26N2O4/c1-13-8-16-15(11-26-17(16)9-14(13)2)10-18(23)22-7-5-6-20(22,12-25-4)19(24)21-3/h8-9,11H,5-7,10,12H2,1-4H3,(H,21,24). The van der Waals surface area contributed by atoms with Crippen LogP contribution in [0.3, 0.4) is 0 Å². The monoisotopic (exact) mass is 358 g/mol. The van der Waals surface area contributed by atoms with E-state index in [1.807, 2.05) is 19.9 Å². The molecule has 0 radical (unpaired) electrons. The molecule has 1 aliphatic rings. The number of fused-ring (bicyclic) bond motifs is 1. The fraction of sp³-hybridized carbons (Fsp3) is 0.500. The van der Waals surface area contributed by atoms with E-state index in [1.54, 1.807) is 25.3 Å². The van der Waals surface area contributed by atoms with Crippen LogP contribution >= 0.6 is 0 Å². The van der Waals surface area contributed by atoms with Gasteiger partial charge < -0.3 is 19.4 Å². The van der Waals surface area contributed by atoms with Crippen molar-refractivity contribution >= 4 is 22.8 Å². The van der Waals surface area contributed by atoms with Crippen molar-refractivity contribution in [3.05, 3.63) is 35.1 Å². The molecule has 2 amide bonds. The van der Waals surface area contributed by atoms with Crippen LogP contribution in [-0.4, -0.2) is 49.6 Å². The number of rotatable bonds is 5. The van der Waals surface area contributed by atoms with Gasteiger partial charge in [0, 0.05) is 31.7 Å². The molecule has 0 aliphatic carbocycles. The normalized spacial score (nSPS) is 19.9. The molecule has 2 aromatic rings. The van der Waals surface area contributed by atoms with Crippen LogP contribution in [0.2, 0.25) is 0 Å². The van der Waals surface area contributed by atoms with E-state index in [1.165, 1.54) is 0 Å². The number of nitrogens with one attached hydrogen (secondary N) is 1. The maximum absolute atomic E-state index is 13.1. The number of methoxy groups -OCH3 is 1. The third-order valence-electron chi connectivity index (χ3n) is 5.43. The maximum atomic E-state index is 13.1. The van der Waals surface area contributed by atoms with Crippen LogP contribution in [-0.2, 0) is 20.7 Å². The topological polar surface area (TPSA) is 71.8 Å². The predicted octanol–water partition coefficient (Wildman–Crippen LogP) is 2.35. The van der Waals surface area contributed by atoms with E-state index in [0.717, 1.165) is 34.1 Å². The largest absolute Gasteiger partial charge is 0.464 e. The lowest BCUT2D eigenvalue weighted by molar-refractivity contribution is -0.147. The van der Waals surface area contributed by atoms with Gasteiger partial charge in [-0.15, -0.1) is 0 Å². The lowest BCUT2D eigenvalue weighted by Gasteiger charge is -2.36. The Kier molecular flexibility index (Phi) is 5.05. The molecular weight excluding hydrogens is 332 g/mol. The Morgan fingerprint density at radius 1 is 1.31 bits per heavy atom. The maximum Gasteiger partial charge on any atom is 0.248 e. The summed E-state index contributed by atoms with van der Waals surface area (Å²) < 4.78 is 10.9. The van der Waals surface area contributed by atoms with Gasteiger partial charge in [-0.25, -0.2) is 0 Å². The van der Waals surface area contributed by atoms with Crippen LogP contribution in [0.15, 0.2) is 22.8 Å². The third kappa shape index (κ3) is 2.98. The van der Waals surface area contributed by atoms with E-state index in [4.69, 9.17) is 9.15 Å². The summed E-state index contributed by atoms with van der Waals surface area (Å²) in [7, 11) is 3.15. The number of benzene rings is 1. The van der Waals surface area contributed by atoms with Crippen molar-refractivity contribution in [3.63, 3.8) is 0 Å². The van der Waals surface area contributed by atoms with Gasteiger partial charge in [-0.1, -0.05) is 0 Å². The number of likely N-dealkylation sites (tertiary alicyclic amines) is 1. The summed E-state index contributed by atoms with van der Waals surface area (Å²) in [5.41, 5.74) is 3.03. The van der Waals surface area contributed by atoms with Gasteiger partial charge in [0.1, 0.15) is 11.1 Å². The van der Waals surface area contributed by atoms with E-state index in [9.17, 15) is 9.59 Å². The van der Waals surface area contributed by atoms with Crippen LogP contribution in [0.25, 0.3) is 11.0 Å². The quantitative estimate of drug-likeness (QED) is 0.891. The number of furan rings is 1. The molecule has 1 aromatic heterocycles. The van der Waals surface area contributed by atoms with Gasteiger partial charge in [0.2, 0.25) is 11.8 Å². The molecule has 6 nitrogen and oxygen atoms in total. The number of nitrogens with zero attached hydrogens (tertiary/aromatic N) is 1. The second kappa shape index (κ2) is 7.11. The molecule has 1 aliphatic heterocycles. The lowest BCUT2D eigenvalue weighted by Crippen LogP contribution is -2.59. The summed E-state index contributed by atoms with van der Waals surface area (Å²) in [5, 5.41) is 3.64. The molecule has 2 heterocycles. The molecule has 1 aromatic carbocycles. The molecule has 1 atom stereocenters. The van der Waals surface area contributed by atoms with Gasteiger partial charge in [0.25, 0.3) is 0 Å². The molecule has 140 valence electrons. The molecule has 1 saturated heterocycles. The molecular formula is C20H26N2O4. The second-order valence-corrected chi connectivity index (χ2v) is 7.06. The fourth-order valence-electron chi connectivity index (χ4n) is 3.90. The second-order valence-electron chi connectivity index (χ2n) is 7.06. The lowest BCUT2D eigenvalue weighted by atomic mass is 9.95. The first-order chi connectivity index (χ1) is 12.4. The minimum absolute atomic E-state index is 0.0796. The van der Waals surface area contributed by atoms with Crippen molar-refractivity contribution in [2.75, 3.05) is 27.3 Å². The van der Waals surface area contributed by atoms with Crippen molar-refractivity contribution in [2.24, 2.45) is 0 Å². The average molecular weight is 358 g/mol. The minimum Gasteiger partial charge on any atom is -0.464 e. The summed E-state index contributed by atoms with van der Waals surface area (Å²) in [6, 6.07) is 4.05. The minimum atomic E-state index is -0.924. The van der Waals surface area contributed by atoms with Crippen molar-refractivity contribution in [1.29, 1.82) is 0 Å². The number of carbonyl (C=O) groups excluding carboxylic acids is 2. The van der Waals surface area contributed by atoms with Crippen LogP contribution in [0.1, 0.15) is 29.5 Å². The van der Waals surface area contributed by atoms with Gasteiger partial charge in [-0.2, -0.15) is 0 Å². The van der Waals surface area contributed by atoms with Crippen LogP contribution in [0, 0.1) is 13.8 Å². The molecule has 1 unspecified atom stereocenters. The summed E-state index contributed by atoms with van der Waals surface area (Å²) in [6.07, 6.45) is 3.25. The Hall–Kier alpha value is -2.34. The highest BCUT2D eigenvalue weighted by atomic mass is 16.5. The number of carbonyl (C=O) groups is 2. The van der Waals surface area contributed by atoms with Crippen molar-refractivity contribution in [3.8, 4) is 0 Å². The van der Waals surface area contributed by atoms with Crippen molar-refractivity contribution < 1.29 is 18.7 Å². The summed E-state index contributed by atoms with van der Waals surface area (Å²) in [5.74, 6) is -0.252. The molecule has 0 bridgehead atoms. The zero-order chi connectivity index (χ0) is 18.9. The van der Waals surface area contributed by atoms with Gasteiger partial charge in [-0.3, -0.25) is 9.59 Å². The van der Waals surface area contributed by atoms with Gasteiger partial charge in [-0.05, 0) is 49.9 Å². The van der Waals surface area contributed by atoms with E-state index >= 15 is 0 Å². The molecule has 0 spiro atoms. The SMILES string of the molecule is CNC(=O)C1(COC)CCCN1C(=O)Cc1coc2cc(C)c(C)cc12. The van der Waals surface area contributed by atoms with Crippen LogP contribution < -0.4 is 5.32 Å². The molecule has 1 N–H and O–H groups in total. The predicted molar refractivity (Wildman–Crippen MR) is 99.0 cm³/mol. The van der Waals surface area contributed by atoms with Crippen molar-refractivity contribution in [2.45, 2.75) is 38.6 Å². The number of amides is 2. The number of hydrogen-bond acceptors (Lipinski definition) is 4. The highest BCUT2D eigenvalue weighted by molar-refractivity contribution is 5.94. The first kappa shape index (κ1) is 18.5. The number of hydrogen-bond donors (Lipinski definition) is 1. The van der Waals surface area contributed by atoms with Crippen LogP contribution in [0.5, 0.6) is 0 Å². The van der Waals surface area contributed by atoms with E-state index in [0.29, 0.717) is 13.0 Å². The zero-order valence-electron chi connectivity index (χ0n) is 15.8.